The minimum absolute atomic E-state index is 0.195. The molecule has 0 unspecified atom stereocenters. The number of ether oxygens (including phenoxy) is 3. The van der Waals surface area contributed by atoms with Gasteiger partial charge in [-0.1, -0.05) is 6.07 Å². The standard InChI is InChI=1S/C19H16N4O5/c24-18(21-8-13-1-6-16-17(7-13)28-12-27-16)9-26-19(25)14-2-4-15(5-3-14)23-11-20-10-22-23/h1-7,10-11H,8-9,12H2,(H,21,24). The summed E-state index contributed by atoms with van der Waals surface area (Å²) in [6.07, 6.45) is 2.97. The molecule has 9 heteroatoms. The van der Waals surface area contributed by atoms with E-state index in [1.807, 2.05) is 6.07 Å². The predicted molar refractivity (Wildman–Crippen MR) is 96.1 cm³/mol. The number of carbonyl (C=O) groups is 2. The van der Waals surface area contributed by atoms with E-state index < -0.39 is 11.9 Å². The van der Waals surface area contributed by atoms with Crippen LogP contribution in [0.5, 0.6) is 11.5 Å². The Morgan fingerprint density at radius 3 is 2.71 bits per heavy atom. The smallest absolute Gasteiger partial charge is 0.338 e. The maximum absolute atomic E-state index is 12.1. The van der Waals surface area contributed by atoms with Gasteiger partial charge in [0.25, 0.3) is 5.91 Å². The lowest BCUT2D eigenvalue weighted by atomic mass is 10.2. The average Bonchev–Trinajstić information content (AvgIpc) is 3.42. The lowest BCUT2D eigenvalue weighted by Gasteiger charge is -2.08. The minimum atomic E-state index is -0.580. The normalized spacial score (nSPS) is 11.9. The first kappa shape index (κ1) is 17.5. The number of nitrogens with zero attached hydrogens (tertiary/aromatic N) is 3. The van der Waals surface area contributed by atoms with Gasteiger partial charge in [0.15, 0.2) is 18.1 Å². The molecule has 0 fully saturated rings. The predicted octanol–water partition coefficient (Wildman–Crippen LogP) is 1.47. The summed E-state index contributed by atoms with van der Waals surface area (Å²) in [5.74, 6) is 0.347. The van der Waals surface area contributed by atoms with Gasteiger partial charge < -0.3 is 19.5 Å². The second-order valence-electron chi connectivity index (χ2n) is 5.93. The zero-order valence-electron chi connectivity index (χ0n) is 14.7. The number of carbonyl (C=O) groups excluding carboxylic acids is 2. The Balaban J connectivity index is 1.25. The van der Waals surface area contributed by atoms with Crippen LogP contribution in [-0.4, -0.2) is 40.0 Å². The van der Waals surface area contributed by atoms with Gasteiger partial charge in [0.1, 0.15) is 12.7 Å². The fourth-order valence-electron chi connectivity index (χ4n) is 2.61. The monoisotopic (exact) mass is 380 g/mol. The summed E-state index contributed by atoms with van der Waals surface area (Å²) in [4.78, 5) is 27.9. The van der Waals surface area contributed by atoms with Crippen molar-refractivity contribution in [3.05, 3.63) is 66.2 Å². The number of aromatic nitrogens is 3. The summed E-state index contributed by atoms with van der Waals surface area (Å²) in [7, 11) is 0. The number of fused-ring (bicyclic) bond motifs is 1. The topological polar surface area (TPSA) is 105 Å². The van der Waals surface area contributed by atoms with Crippen LogP contribution in [0.2, 0.25) is 0 Å². The van der Waals surface area contributed by atoms with E-state index in [4.69, 9.17) is 14.2 Å². The lowest BCUT2D eigenvalue weighted by Crippen LogP contribution is -2.28. The quantitative estimate of drug-likeness (QED) is 0.646. The number of nitrogens with one attached hydrogen (secondary N) is 1. The van der Waals surface area contributed by atoms with Crippen LogP contribution in [0.4, 0.5) is 0 Å². The van der Waals surface area contributed by atoms with Gasteiger partial charge in [-0.05, 0) is 42.0 Å². The Kier molecular flexibility index (Phi) is 4.87. The third kappa shape index (κ3) is 3.93. The van der Waals surface area contributed by atoms with Crippen LogP contribution in [0.25, 0.3) is 5.69 Å². The van der Waals surface area contributed by atoms with E-state index in [1.54, 1.807) is 47.4 Å². The van der Waals surface area contributed by atoms with Gasteiger partial charge >= 0.3 is 5.97 Å². The number of rotatable bonds is 6. The highest BCUT2D eigenvalue weighted by Gasteiger charge is 2.14. The molecule has 1 aliphatic rings. The van der Waals surface area contributed by atoms with Gasteiger partial charge in [-0.15, -0.1) is 0 Å². The van der Waals surface area contributed by atoms with E-state index in [1.165, 1.54) is 6.33 Å². The Bertz CT molecular complexity index is 986. The molecule has 0 saturated carbocycles. The van der Waals surface area contributed by atoms with Crippen LogP contribution in [0.1, 0.15) is 15.9 Å². The van der Waals surface area contributed by atoms with Gasteiger partial charge in [-0.25, -0.2) is 14.5 Å². The third-order valence-electron chi connectivity index (χ3n) is 4.05. The van der Waals surface area contributed by atoms with Gasteiger partial charge in [0, 0.05) is 6.54 Å². The van der Waals surface area contributed by atoms with Crippen LogP contribution >= 0.6 is 0 Å². The van der Waals surface area contributed by atoms with Crippen molar-refractivity contribution >= 4 is 11.9 Å². The molecule has 0 bridgehead atoms. The van der Waals surface area contributed by atoms with Crippen molar-refractivity contribution in [2.45, 2.75) is 6.54 Å². The molecule has 0 radical (unpaired) electrons. The highest BCUT2D eigenvalue weighted by atomic mass is 16.7. The second-order valence-corrected chi connectivity index (χ2v) is 5.93. The molecule has 0 atom stereocenters. The summed E-state index contributed by atoms with van der Waals surface area (Å²) >= 11 is 0. The Morgan fingerprint density at radius 2 is 1.93 bits per heavy atom. The third-order valence-corrected chi connectivity index (χ3v) is 4.05. The van der Waals surface area contributed by atoms with Gasteiger partial charge in [-0.3, -0.25) is 4.79 Å². The molecule has 4 rings (SSSR count). The van der Waals surface area contributed by atoms with Crippen molar-refractivity contribution < 1.29 is 23.8 Å². The molecule has 1 aromatic heterocycles. The van der Waals surface area contributed by atoms with Crippen molar-refractivity contribution in [3.8, 4) is 17.2 Å². The number of benzene rings is 2. The summed E-state index contributed by atoms with van der Waals surface area (Å²) in [5, 5.41) is 6.70. The first-order valence-electron chi connectivity index (χ1n) is 8.46. The summed E-state index contributed by atoms with van der Waals surface area (Å²) in [6.45, 7) is 0.120. The van der Waals surface area contributed by atoms with E-state index in [9.17, 15) is 9.59 Å². The Labute approximate surface area is 159 Å². The molecular formula is C19H16N4O5. The molecule has 0 saturated heterocycles. The fourth-order valence-corrected chi connectivity index (χ4v) is 2.61. The SMILES string of the molecule is O=C(COC(=O)c1ccc(-n2cncn2)cc1)NCc1ccc2c(c1)OCO2. The molecule has 0 spiro atoms. The summed E-state index contributed by atoms with van der Waals surface area (Å²) in [6, 6.07) is 12.0. The summed E-state index contributed by atoms with van der Waals surface area (Å²) in [5.41, 5.74) is 1.95. The van der Waals surface area contributed by atoms with Gasteiger partial charge in [-0.2, -0.15) is 5.10 Å². The van der Waals surface area contributed by atoms with E-state index in [2.05, 4.69) is 15.4 Å². The van der Waals surface area contributed by atoms with Gasteiger partial charge in [0.05, 0.1) is 11.3 Å². The highest BCUT2D eigenvalue weighted by molar-refractivity contribution is 5.91. The van der Waals surface area contributed by atoms with E-state index in [0.29, 0.717) is 23.6 Å². The Morgan fingerprint density at radius 1 is 1.11 bits per heavy atom. The minimum Gasteiger partial charge on any atom is -0.454 e. The lowest BCUT2D eigenvalue weighted by molar-refractivity contribution is -0.124. The first-order valence-corrected chi connectivity index (χ1v) is 8.46. The largest absolute Gasteiger partial charge is 0.454 e. The van der Waals surface area contributed by atoms with Crippen molar-refractivity contribution in [3.63, 3.8) is 0 Å². The van der Waals surface area contributed by atoms with Crippen molar-refractivity contribution in [2.75, 3.05) is 13.4 Å². The molecule has 142 valence electrons. The molecule has 3 aromatic rings. The van der Waals surface area contributed by atoms with E-state index in [-0.39, 0.29) is 13.4 Å². The molecule has 9 nitrogen and oxygen atoms in total. The number of amides is 1. The molecular weight excluding hydrogens is 364 g/mol. The Hall–Kier alpha value is -3.88. The zero-order chi connectivity index (χ0) is 19.3. The number of hydrogen-bond donors (Lipinski definition) is 1. The van der Waals surface area contributed by atoms with Crippen LogP contribution in [0.3, 0.4) is 0 Å². The van der Waals surface area contributed by atoms with E-state index >= 15 is 0 Å². The first-order chi connectivity index (χ1) is 13.7. The average molecular weight is 380 g/mol. The zero-order valence-corrected chi connectivity index (χ0v) is 14.7. The molecule has 2 aromatic carbocycles. The van der Waals surface area contributed by atoms with Crippen molar-refractivity contribution in [2.24, 2.45) is 0 Å². The maximum Gasteiger partial charge on any atom is 0.338 e. The molecule has 1 N–H and O–H groups in total. The van der Waals surface area contributed by atoms with Crippen LogP contribution in [0, 0.1) is 0 Å². The number of esters is 1. The number of hydrogen-bond acceptors (Lipinski definition) is 7. The van der Waals surface area contributed by atoms with Crippen LogP contribution in [-0.2, 0) is 16.1 Å². The maximum atomic E-state index is 12.1. The fraction of sp³-hybridized carbons (Fsp3) is 0.158. The molecule has 1 aliphatic heterocycles. The van der Waals surface area contributed by atoms with Crippen LogP contribution in [0.15, 0.2) is 55.1 Å². The molecule has 28 heavy (non-hydrogen) atoms. The highest BCUT2D eigenvalue weighted by Crippen LogP contribution is 2.32. The molecule has 0 aliphatic carbocycles. The van der Waals surface area contributed by atoms with Crippen molar-refractivity contribution in [1.82, 2.24) is 20.1 Å². The van der Waals surface area contributed by atoms with Gasteiger partial charge in [0.2, 0.25) is 6.79 Å². The molecule has 1 amide bonds. The van der Waals surface area contributed by atoms with Crippen LogP contribution < -0.4 is 14.8 Å². The molecule has 2 heterocycles. The second kappa shape index (κ2) is 7.78. The van der Waals surface area contributed by atoms with Crippen molar-refractivity contribution in [1.29, 1.82) is 0 Å². The summed E-state index contributed by atoms with van der Waals surface area (Å²) < 4.78 is 17.2. The van der Waals surface area contributed by atoms with E-state index in [0.717, 1.165) is 11.3 Å².